The van der Waals surface area contributed by atoms with Gasteiger partial charge in [-0.25, -0.2) is 9.59 Å². The Balaban J connectivity index is 2.73. The molecule has 0 aromatic heterocycles. The minimum absolute atomic E-state index is 0.0261. The van der Waals surface area contributed by atoms with E-state index in [1.165, 1.54) is 6.07 Å². The third kappa shape index (κ3) is 5.05. The van der Waals surface area contributed by atoms with Crippen LogP contribution in [0.4, 0.5) is 10.5 Å². The van der Waals surface area contributed by atoms with Crippen LogP contribution in [0.1, 0.15) is 23.7 Å². The zero-order chi connectivity index (χ0) is 15.1. The van der Waals surface area contributed by atoms with E-state index in [1.54, 1.807) is 23.9 Å². The number of hydrogen-bond donors (Lipinski definition) is 3. The van der Waals surface area contributed by atoms with Gasteiger partial charge >= 0.3 is 12.0 Å². The van der Waals surface area contributed by atoms with E-state index in [2.05, 4.69) is 26.6 Å². The van der Waals surface area contributed by atoms with Gasteiger partial charge in [0.15, 0.2) is 0 Å². The molecule has 1 rings (SSSR count). The van der Waals surface area contributed by atoms with Crippen LogP contribution in [-0.2, 0) is 0 Å². The second-order valence-electron chi connectivity index (χ2n) is 4.25. The van der Waals surface area contributed by atoms with Gasteiger partial charge < -0.3 is 15.7 Å². The molecule has 0 saturated carbocycles. The Kier molecular flexibility index (Phi) is 6.87. The summed E-state index contributed by atoms with van der Waals surface area (Å²) in [6.45, 7) is 1.91. The van der Waals surface area contributed by atoms with Crippen LogP contribution in [0.3, 0.4) is 0 Å². The molecule has 3 N–H and O–H groups in total. The van der Waals surface area contributed by atoms with E-state index < -0.39 is 12.0 Å². The van der Waals surface area contributed by atoms with E-state index in [9.17, 15) is 9.59 Å². The summed E-state index contributed by atoms with van der Waals surface area (Å²) in [5.74, 6) is -0.131. The summed E-state index contributed by atoms with van der Waals surface area (Å²) >= 11 is 4.96. The molecular formula is C13H17BrN2O3S. The highest BCUT2D eigenvalue weighted by Gasteiger charge is 2.16. The number of thioether (sulfide) groups is 1. The second-order valence-corrected chi connectivity index (χ2v) is 6.09. The van der Waals surface area contributed by atoms with E-state index >= 15 is 0 Å². The van der Waals surface area contributed by atoms with Crippen LogP contribution >= 0.6 is 27.7 Å². The number of halogens is 1. The van der Waals surface area contributed by atoms with Crippen molar-refractivity contribution in [3.63, 3.8) is 0 Å². The summed E-state index contributed by atoms with van der Waals surface area (Å²) < 4.78 is 0.532. The molecule has 1 unspecified atom stereocenters. The lowest BCUT2D eigenvalue weighted by molar-refractivity contribution is 0.0698. The highest BCUT2D eigenvalue weighted by Crippen LogP contribution is 2.26. The number of anilines is 1. The van der Waals surface area contributed by atoms with Crippen molar-refractivity contribution in [1.29, 1.82) is 0 Å². The second kappa shape index (κ2) is 8.16. The van der Waals surface area contributed by atoms with Crippen molar-refractivity contribution in [3.8, 4) is 0 Å². The normalized spacial score (nSPS) is 11.8. The van der Waals surface area contributed by atoms with Gasteiger partial charge in [0, 0.05) is 10.5 Å². The minimum Gasteiger partial charge on any atom is -0.478 e. The summed E-state index contributed by atoms with van der Waals surface area (Å²) in [6, 6.07) is 4.35. The molecule has 110 valence electrons. The van der Waals surface area contributed by atoms with E-state index in [-0.39, 0.29) is 17.3 Å². The largest absolute Gasteiger partial charge is 0.478 e. The van der Waals surface area contributed by atoms with Gasteiger partial charge in [0.05, 0.1) is 11.3 Å². The Morgan fingerprint density at radius 1 is 1.45 bits per heavy atom. The summed E-state index contributed by atoms with van der Waals surface area (Å²) in [6.07, 6.45) is 2.86. The van der Waals surface area contributed by atoms with Crippen molar-refractivity contribution in [2.75, 3.05) is 17.3 Å². The van der Waals surface area contributed by atoms with Gasteiger partial charge in [-0.2, -0.15) is 11.8 Å². The summed E-state index contributed by atoms with van der Waals surface area (Å²) in [7, 11) is 0. The maximum Gasteiger partial charge on any atom is 0.337 e. The maximum atomic E-state index is 11.9. The molecule has 2 amide bonds. The summed E-state index contributed by atoms with van der Waals surface area (Å²) in [5.41, 5.74) is 0.306. The van der Waals surface area contributed by atoms with Crippen molar-refractivity contribution < 1.29 is 14.7 Å². The Hall–Kier alpha value is -1.21. The van der Waals surface area contributed by atoms with Gasteiger partial charge in [0.1, 0.15) is 0 Å². The van der Waals surface area contributed by atoms with Crippen LogP contribution in [0, 0.1) is 0 Å². The van der Waals surface area contributed by atoms with Crippen molar-refractivity contribution in [3.05, 3.63) is 28.2 Å². The summed E-state index contributed by atoms with van der Waals surface area (Å²) in [5, 5.41) is 14.5. The van der Waals surface area contributed by atoms with Gasteiger partial charge in [-0.05, 0) is 53.4 Å². The number of benzene rings is 1. The molecule has 0 heterocycles. The standard InChI is InChI=1S/C13H17BrN2O3S/c1-8(6-7-20-2)15-13(19)16-11-9(12(17)18)4-3-5-10(11)14/h3-5,8H,6-7H2,1-2H3,(H,17,18)(H2,15,16,19). The van der Waals surface area contributed by atoms with Gasteiger partial charge in [0.2, 0.25) is 0 Å². The Morgan fingerprint density at radius 3 is 2.75 bits per heavy atom. The lowest BCUT2D eigenvalue weighted by Crippen LogP contribution is -2.36. The fraction of sp³-hybridized carbons (Fsp3) is 0.385. The number of hydrogen-bond acceptors (Lipinski definition) is 3. The molecule has 7 heteroatoms. The highest BCUT2D eigenvalue weighted by molar-refractivity contribution is 9.10. The maximum absolute atomic E-state index is 11.9. The molecule has 5 nitrogen and oxygen atoms in total. The molecule has 0 saturated heterocycles. The van der Waals surface area contributed by atoms with Crippen molar-refractivity contribution in [2.24, 2.45) is 0 Å². The Labute approximate surface area is 130 Å². The lowest BCUT2D eigenvalue weighted by atomic mass is 10.2. The zero-order valence-electron chi connectivity index (χ0n) is 11.3. The van der Waals surface area contributed by atoms with Crippen molar-refractivity contribution in [2.45, 2.75) is 19.4 Å². The summed E-state index contributed by atoms with van der Waals surface area (Å²) in [4.78, 5) is 23.0. The van der Waals surface area contributed by atoms with Crippen LogP contribution in [0.5, 0.6) is 0 Å². The van der Waals surface area contributed by atoms with Gasteiger partial charge in [0.25, 0.3) is 0 Å². The third-order valence-electron chi connectivity index (χ3n) is 2.62. The van der Waals surface area contributed by atoms with Crippen LogP contribution in [0.15, 0.2) is 22.7 Å². The molecular weight excluding hydrogens is 344 g/mol. The molecule has 1 aromatic rings. The lowest BCUT2D eigenvalue weighted by Gasteiger charge is -2.15. The quantitative estimate of drug-likeness (QED) is 0.726. The average molecular weight is 361 g/mol. The first kappa shape index (κ1) is 16.8. The smallest absolute Gasteiger partial charge is 0.337 e. The predicted octanol–water partition coefficient (Wildman–Crippen LogP) is 3.41. The molecule has 0 radical (unpaired) electrons. The number of urea groups is 1. The topological polar surface area (TPSA) is 78.4 Å². The first-order valence-electron chi connectivity index (χ1n) is 6.04. The molecule has 0 aliphatic rings. The molecule has 1 atom stereocenters. The molecule has 0 aliphatic carbocycles. The molecule has 0 aliphatic heterocycles. The van der Waals surface area contributed by atoms with E-state index in [0.29, 0.717) is 4.47 Å². The first-order chi connectivity index (χ1) is 9.45. The first-order valence-corrected chi connectivity index (χ1v) is 8.22. The van der Waals surface area contributed by atoms with E-state index in [4.69, 9.17) is 5.11 Å². The van der Waals surface area contributed by atoms with Crippen LogP contribution in [-0.4, -0.2) is 35.2 Å². The van der Waals surface area contributed by atoms with Crippen molar-refractivity contribution >= 4 is 45.4 Å². The molecule has 20 heavy (non-hydrogen) atoms. The van der Waals surface area contributed by atoms with Gasteiger partial charge in [-0.1, -0.05) is 6.07 Å². The third-order valence-corrected chi connectivity index (χ3v) is 3.92. The fourth-order valence-electron chi connectivity index (χ4n) is 1.57. The number of rotatable bonds is 6. The number of carbonyl (C=O) groups excluding carboxylic acids is 1. The number of carboxylic acids is 1. The monoisotopic (exact) mass is 360 g/mol. The fourth-order valence-corrected chi connectivity index (χ4v) is 2.62. The molecule has 0 bridgehead atoms. The number of carbonyl (C=O) groups is 2. The molecule has 0 spiro atoms. The number of nitrogens with one attached hydrogen (secondary N) is 2. The Morgan fingerprint density at radius 2 is 2.15 bits per heavy atom. The predicted molar refractivity (Wildman–Crippen MR) is 85.7 cm³/mol. The van der Waals surface area contributed by atoms with E-state index in [0.717, 1.165) is 12.2 Å². The number of para-hydroxylation sites is 1. The zero-order valence-corrected chi connectivity index (χ0v) is 13.7. The van der Waals surface area contributed by atoms with Gasteiger partial charge in [-0.15, -0.1) is 0 Å². The Bertz CT molecular complexity index is 497. The van der Waals surface area contributed by atoms with Gasteiger partial charge in [-0.3, -0.25) is 0 Å². The average Bonchev–Trinajstić information content (AvgIpc) is 2.38. The number of carboxylic acid groups (broad SMARTS) is 1. The molecule has 0 fully saturated rings. The molecule has 1 aromatic carbocycles. The SMILES string of the molecule is CSCCC(C)NC(=O)Nc1c(Br)cccc1C(=O)O. The number of amides is 2. The van der Waals surface area contributed by atoms with Crippen LogP contribution in [0.2, 0.25) is 0 Å². The van der Waals surface area contributed by atoms with E-state index in [1.807, 2.05) is 13.2 Å². The van der Waals surface area contributed by atoms with Crippen LogP contribution in [0.25, 0.3) is 0 Å². The number of aromatic carboxylic acids is 1. The minimum atomic E-state index is -1.09. The highest BCUT2D eigenvalue weighted by atomic mass is 79.9. The van der Waals surface area contributed by atoms with Crippen LogP contribution < -0.4 is 10.6 Å². The van der Waals surface area contributed by atoms with Crippen molar-refractivity contribution in [1.82, 2.24) is 5.32 Å².